The summed E-state index contributed by atoms with van der Waals surface area (Å²) in [5.74, 6) is -0.192. The molecule has 4 heteroatoms. The molecule has 12 heavy (non-hydrogen) atoms. The van der Waals surface area contributed by atoms with Gasteiger partial charge in [-0.25, -0.2) is 4.39 Å². The Hall–Kier alpha value is 0.130. The second-order valence-electron chi connectivity index (χ2n) is 2.32. The number of benzene rings is 1. The van der Waals surface area contributed by atoms with Crippen molar-refractivity contribution in [2.75, 3.05) is 0 Å². The van der Waals surface area contributed by atoms with E-state index in [1.165, 1.54) is 17.4 Å². The zero-order valence-electron chi connectivity index (χ0n) is 5.77. The minimum atomic E-state index is -0.192. The van der Waals surface area contributed by atoms with Gasteiger partial charge in [-0.2, -0.15) is 0 Å². The maximum atomic E-state index is 13.1. The van der Waals surface area contributed by atoms with Crippen LogP contribution >= 0.6 is 45.5 Å². The van der Waals surface area contributed by atoms with E-state index in [0.29, 0.717) is 9.72 Å². The fraction of sp³-hybridized carbons (Fsp3) is 0. The van der Waals surface area contributed by atoms with Gasteiger partial charge in [0.05, 0.1) is 9.72 Å². The minimum absolute atomic E-state index is 0.192. The Balaban J connectivity index is 2.98. The maximum Gasteiger partial charge on any atom is 0.141 e. The van der Waals surface area contributed by atoms with Crippen LogP contribution in [0.25, 0.3) is 10.1 Å². The summed E-state index contributed by atoms with van der Waals surface area (Å²) in [6.07, 6.45) is 0. The molecule has 2 aromatic rings. The van der Waals surface area contributed by atoms with E-state index in [9.17, 15) is 4.39 Å². The van der Waals surface area contributed by atoms with Gasteiger partial charge in [0.15, 0.2) is 0 Å². The molecule has 0 aliphatic heterocycles. The summed E-state index contributed by atoms with van der Waals surface area (Å²) in [6, 6.07) is 2.99. The summed E-state index contributed by atoms with van der Waals surface area (Å²) in [7, 11) is 0. The van der Waals surface area contributed by atoms with Gasteiger partial charge in [-0.1, -0.05) is 11.6 Å². The highest BCUT2D eigenvalue weighted by Gasteiger charge is 2.09. The van der Waals surface area contributed by atoms with E-state index >= 15 is 0 Å². The van der Waals surface area contributed by atoms with Crippen LogP contribution in [0.15, 0.2) is 17.5 Å². The van der Waals surface area contributed by atoms with Crippen molar-refractivity contribution in [3.63, 3.8) is 0 Å². The van der Waals surface area contributed by atoms with Crippen LogP contribution in [0.1, 0.15) is 0 Å². The minimum Gasteiger partial charge on any atom is -0.205 e. The largest absolute Gasteiger partial charge is 0.205 e. The summed E-state index contributed by atoms with van der Waals surface area (Å²) in [5, 5.41) is 3.36. The second-order valence-corrected chi connectivity index (χ2v) is 4.77. The number of halogens is 3. The standard InChI is InChI=1S/C8H3ClFIS/c9-4-1-2-5(10)8-7(4)6(11)3-12-8/h1-3H. The molecule has 1 aromatic heterocycles. The first-order valence-electron chi connectivity index (χ1n) is 3.21. The van der Waals surface area contributed by atoms with Crippen molar-refractivity contribution in [1.29, 1.82) is 0 Å². The van der Waals surface area contributed by atoms with Crippen molar-refractivity contribution in [2.45, 2.75) is 0 Å². The fourth-order valence-corrected chi connectivity index (χ4v) is 3.50. The highest BCUT2D eigenvalue weighted by Crippen LogP contribution is 2.34. The molecule has 62 valence electrons. The van der Waals surface area contributed by atoms with Crippen molar-refractivity contribution < 1.29 is 4.39 Å². The van der Waals surface area contributed by atoms with Crippen molar-refractivity contribution in [1.82, 2.24) is 0 Å². The zero-order chi connectivity index (χ0) is 8.72. The van der Waals surface area contributed by atoms with Crippen LogP contribution in [0.2, 0.25) is 5.02 Å². The van der Waals surface area contributed by atoms with E-state index in [4.69, 9.17) is 11.6 Å². The Labute approximate surface area is 91.5 Å². The topological polar surface area (TPSA) is 0 Å². The molecular formula is C8H3ClFIS. The van der Waals surface area contributed by atoms with E-state index in [1.54, 1.807) is 6.07 Å². The van der Waals surface area contributed by atoms with E-state index < -0.39 is 0 Å². The van der Waals surface area contributed by atoms with Crippen LogP contribution in [0, 0.1) is 9.39 Å². The third kappa shape index (κ3) is 1.24. The predicted molar refractivity (Wildman–Crippen MR) is 59.5 cm³/mol. The van der Waals surface area contributed by atoms with Gasteiger partial charge in [0.2, 0.25) is 0 Å². The molecule has 0 aliphatic carbocycles. The van der Waals surface area contributed by atoms with Crippen LogP contribution in [-0.2, 0) is 0 Å². The molecule has 0 spiro atoms. The van der Waals surface area contributed by atoms with Crippen LogP contribution in [-0.4, -0.2) is 0 Å². The lowest BCUT2D eigenvalue weighted by Crippen LogP contribution is -1.75. The molecule has 0 fully saturated rings. The lowest BCUT2D eigenvalue weighted by molar-refractivity contribution is 0.641. The molecule has 0 saturated heterocycles. The number of fused-ring (bicyclic) bond motifs is 1. The second kappa shape index (κ2) is 3.12. The molecule has 1 aromatic carbocycles. The quantitative estimate of drug-likeness (QED) is 0.636. The van der Waals surface area contributed by atoms with E-state index in [0.717, 1.165) is 8.96 Å². The third-order valence-corrected chi connectivity index (χ3v) is 4.15. The molecule has 0 nitrogen and oxygen atoms in total. The number of rotatable bonds is 0. The van der Waals surface area contributed by atoms with Gasteiger partial charge >= 0.3 is 0 Å². The van der Waals surface area contributed by atoms with Gasteiger partial charge in [0, 0.05) is 14.3 Å². The molecule has 2 rings (SSSR count). The van der Waals surface area contributed by atoms with Crippen molar-refractivity contribution >= 4 is 55.6 Å². The molecule has 0 radical (unpaired) electrons. The predicted octanol–water partition coefficient (Wildman–Crippen LogP) is 4.30. The zero-order valence-corrected chi connectivity index (χ0v) is 9.50. The Morgan fingerprint density at radius 1 is 1.42 bits per heavy atom. The molecular weight excluding hydrogens is 310 g/mol. The molecule has 0 amide bonds. The average Bonchev–Trinajstić information content (AvgIpc) is 2.42. The molecule has 1 heterocycles. The summed E-state index contributed by atoms with van der Waals surface area (Å²) in [6.45, 7) is 0. The molecule has 0 bridgehead atoms. The maximum absolute atomic E-state index is 13.1. The van der Waals surface area contributed by atoms with Gasteiger partial charge in [-0.3, -0.25) is 0 Å². The Morgan fingerprint density at radius 2 is 2.17 bits per heavy atom. The average molecular weight is 313 g/mol. The first-order chi connectivity index (χ1) is 5.70. The van der Waals surface area contributed by atoms with E-state index in [1.807, 2.05) is 5.38 Å². The van der Waals surface area contributed by atoms with Crippen LogP contribution in [0.3, 0.4) is 0 Å². The van der Waals surface area contributed by atoms with E-state index in [2.05, 4.69) is 22.6 Å². The first-order valence-corrected chi connectivity index (χ1v) is 5.54. The Morgan fingerprint density at radius 3 is 2.83 bits per heavy atom. The number of hydrogen-bond acceptors (Lipinski definition) is 1. The normalized spacial score (nSPS) is 10.9. The summed E-state index contributed by atoms with van der Waals surface area (Å²) >= 11 is 9.45. The lowest BCUT2D eigenvalue weighted by atomic mass is 10.2. The van der Waals surface area contributed by atoms with Crippen LogP contribution in [0.4, 0.5) is 4.39 Å². The van der Waals surface area contributed by atoms with Crippen LogP contribution in [0.5, 0.6) is 0 Å². The summed E-state index contributed by atoms with van der Waals surface area (Å²) in [4.78, 5) is 0. The van der Waals surface area contributed by atoms with Gasteiger partial charge in [0.25, 0.3) is 0 Å². The van der Waals surface area contributed by atoms with E-state index in [-0.39, 0.29) is 5.82 Å². The molecule has 0 saturated carbocycles. The van der Waals surface area contributed by atoms with Crippen molar-refractivity contribution in [3.8, 4) is 0 Å². The number of hydrogen-bond donors (Lipinski definition) is 0. The fourth-order valence-electron chi connectivity index (χ4n) is 1.04. The Bertz CT molecular complexity index is 438. The third-order valence-electron chi connectivity index (χ3n) is 1.58. The monoisotopic (exact) mass is 312 g/mol. The lowest BCUT2D eigenvalue weighted by Gasteiger charge is -1.95. The van der Waals surface area contributed by atoms with Gasteiger partial charge in [-0.15, -0.1) is 11.3 Å². The molecule has 0 unspecified atom stereocenters. The highest BCUT2D eigenvalue weighted by molar-refractivity contribution is 14.1. The van der Waals surface area contributed by atoms with Gasteiger partial charge < -0.3 is 0 Å². The van der Waals surface area contributed by atoms with Crippen molar-refractivity contribution in [2.24, 2.45) is 0 Å². The highest BCUT2D eigenvalue weighted by atomic mass is 127. The first kappa shape index (κ1) is 8.72. The smallest absolute Gasteiger partial charge is 0.141 e. The molecule has 0 aliphatic rings. The summed E-state index contributed by atoms with van der Waals surface area (Å²) < 4.78 is 14.8. The van der Waals surface area contributed by atoms with Crippen molar-refractivity contribution in [3.05, 3.63) is 31.9 Å². The molecule has 0 N–H and O–H groups in total. The van der Waals surface area contributed by atoms with Crippen LogP contribution < -0.4 is 0 Å². The SMILES string of the molecule is Fc1ccc(Cl)c2c(I)csc12. The van der Waals surface area contributed by atoms with Gasteiger partial charge in [0.1, 0.15) is 5.82 Å². The number of thiophene rings is 1. The van der Waals surface area contributed by atoms with Gasteiger partial charge in [-0.05, 0) is 34.7 Å². The Kier molecular flexibility index (Phi) is 2.27. The summed E-state index contributed by atoms with van der Waals surface area (Å²) in [5.41, 5.74) is 0. The molecule has 0 atom stereocenters.